The lowest BCUT2D eigenvalue weighted by molar-refractivity contribution is 0.171. The van der Waals surface area contributed by atoms with E-state index in [0.29, 0.717) is 18.0 Å². The van der Waals surface area contributed by atoms with Gasteiger partial charge in [0.25, 0.3) is 0 Å². The summed E-state index contributed by atoms with van der Waals surface area (Å²) in [5, 5.41) is 6.50. The molecule has 1 aromatic carbocycles. The number of hydrogen-bond donors (Lipinski definition) is 1. The second-order valence-electron chi connectivity index (χ2n) is 4.50. The van der Waals surface area contributed by atoms with E-state index in [2.05, 4.69) is 17.2 Å². The van der Waals surface area contributed by atoms with Crippen molar-refractivity contribution in [3.05, 3.63) is 34.3 Å². The molecule has 1 unspecified atom stereocenters. The Morgan fingerprint density at radius 1 is 1.45 bits per heavy atom. The Hall–Kier alpha value is -1.79. The third kappa shape index (κ3) is 2.57. The van der Waals surface area contributed by atoms with Crippen molar-refractivity contribution in [2.24, 2.45) is 0 Å². The van der Waals surface area contributed by atoms with Crippen LogP contribution in [0.5, 0.6) is 17.2 Å². The van der Waals surface area contributed by atoms with Gasteiger partial charge in [0.2, 0.25) is 12.5 Å². The van der Waals surface area contributed by atoms with Crippen LogP contribution in [0.2, 0.25) is 0 Å². The summed E-state index contributed by atoms with van der Waals surface area (Å²) in [5.74, 6) is 2.13. The number of aromatic nitrogens is 1. The Morgan fingerprint density at radius 3 is 3.10 bits per heavy atom. The van der Waals surface area contributed by atoms with Crippen molar-refractivity contribution in [3.8, 4) is 17.2 Å². The molecule has 20 heavy (non-hydrogen) atoms. The molecule has 6 heteroatoms. The molecule has 0 saturated heterocycles. The van der Waals surface area contributed by atoms with Gasteiger partial charge in [-0.2, -0.15) is 0 Å². The number of nitrogens with one attached hydrogen (secondary N) is 1. The first kappa shape index (κ1) is 13.2. The lowest BCUT2D eigenvalue weighted by Gasteiger charge is -2.12. The molecule has 5 nitrogen and oxygen atoms in total. The fourth-order valence-electron chi connectivity index (χ4n) is 2.09. The Morgan fingerprint density at radius 2 is 2.35 bits per heavy atom. The van der Waals surface area contributed by atoms with Crippen molar-refractivity contribution in [2.75, 3.05) is 13.9 Å². The highest BCUT2D eigenvalue weighted by molar-refractivity contribution is 7.09. The highest BCUT2D eigenvalue weighted by atomic mass is 32.1. The zero-order valence-corrected chi connectivity index (χ0v) is 12.2. The summed E-state index contributed by atoms with van der Waals surface area (Å²) in [7, 11) is 1.63. The van der Waals surface area contributed by atoms with Gasteiger partial charge in [-0.3, -0.25) is 0 Å². The SMILES string of the molecule is COc1cc(CNC(C)c2nccs2)cc2c1OCO2. The van der Waals surface area contributed by atoms with Crippen LogP contribution < -0.4 is 19.5 Å². The van der Waals surface area contributed by atoms with Crippen LogP contribution in [-0.2, 0) is 6.54 Å². The van der Waals surface area contributed by atoms with Crippen molar-refractivity contribution >= 4 is 11.3 Å². The Bertz CT molecular complexity index is 586. The fourth-order valence-corrected chi connectivity index (χ4v) is 2.76. The lowest BCUT2D eigenvalue weighted by Crippen LogP contribution is -2.17. The van der Waals surface area contributed by atoms with Gasteiger partial charge in [0.05, 0.1) is 13.2 Å². The third-order valence-corrected chi connectivity index (χ3v) is 4.11. The monoisotopic (exact) mass is 292 g/mol. The summed E-state index contributed by atoms with van der Waals surface area (Å²) >= 11 is 1.65. The van der Waals surface area contributed by atoms with Crippen molar-refractivity contribution in [1.29, 1.82) is 0 Å². The van der Waals surface area contributed by atoms with Gasteiger partial charge < -0.3 is 19.5 Å². The molecule has 0 amide bonds. The summed E-state index contributed by atoms with van der Waals surface area (Å²) < 4.78 is 16.1. The molecule has 3 rings (SSSR count). The number of benzene rings is 1. The minimum Gasteiger partial charge on any atom is -0.493 e. The van der Waals surface area contributed by atoms with Crippen molar-refractivity contribution < 1.29 is 14.2 Å². The minimum absolute atomic E-state index is 0.214. The van der Waals surface area contributed by atoms with Crippen LogP contribution in [-0.4, -0.2) is 18.9 Å². The van der Waals surface area contributed by atoms with Crippen LogP contribution >= 0.6 is 11.3 Å². The van der Waals surface area contributed by atoms with Gasteiger partial charge >= 0.3 is 0 Å². The maximum atomic E-state index is 5.42. The van der Waals surface area contributed by atoms with E-state index in [4.69, 9.17) is 14.2 Å². The zero-order valence-electron chi connectivity index (χ0n) is 11.4. The first-order valence-corrected chi connectivity index (χ1v) is 7.25. The predicted octanol–water partition coefficient (Wildman–Crippen LogP) is 2.73. The average molecular weight is 292 g/mol. The van der Waals surface area contributed by atoms with Crippen LogP contribution in [0.25, 0.3) is 0 Å². The molecule has 0 bridgehead atoms. The van der Waals surface area contributed by atoms with Crippen LogP contribution in [0.1, 0.15) is 23.5 Å². The molecule has 1 N–H and O–H groups in total. The fraction of sp³-hybridized carbons (Fsp3) is 0.357. The number of fused-ring (bicyclic) bond motifs is 1. The number of hydrogen-bond acceptors (Lipinski definition) is 6. The zero-order chi connectivity index (χ0) is 13.9. The molecule has 0 spiro atoms. The van der Waals surface area contributed by atoms with Gasteiger partial charge in [-0.1, -0.05) is 0 Å². The van der Waals surface area contributed by atoms with Gasteiger partial charge in [-0.05, 0) is 24.6 Å². The summed E-state index contributed by atoms with van der Waals surface area (Å²) in [4.78, 5) is 4.31. The molecule has 0 saturated carbocycles. The molecule has 2 heterocycles. The summed E-state index contributed by atoms with van der Waals surface area (Å²) in [6, 6.07) is 4.16. The topological polar surface area (TPSA) is 52.6 Å². The average Bonchev–Trinajstić information content (AvgIpc) is 3.14. The second kappa shape index (κ2) is 5.68. The summed E-state index contributed by atoms with van der Waals surface area (Å²) in [5.41, 5.74) is 1.09. The molecule has 0 radical (unpaired) electrons. The van der Waals surface area contributed by atoms with E-state index in [-0.39, 0.29) is 12.8 Å². The van der Waals surface area contributed by atoms with E-state index in [9.17, 15) is 0 Å². The van der Waals surface area contributed by atoms with Crippen LogP contribution in [0.4, 0.5) is 0 Å². The number of thiazole rings is 1. The normalized spacial score (nSPS) is 14.3. The highest BCUT2D eigenvalue weighted by Crippen LogP contribution is 2.41. The molecule has 2 aromatic rings. The number of methoxy groups -OCH3 is 1. The van der Waals surface area contributed by atoms with Gasteiger partial charge in [0, 0.05) is 18.1 Å². The van der Waals surface area contributed by atoms with Gasteiger partial charge in [0.1, 0.15) is 5.01 Å². The van der Waals surface area contributed by atoms with E-state index in [0.717, 1.165) is 16.3 Å². The van der Waals surface area contributed by atoms with Crippen LogP contribution in [0, 0.1) is 0 Å². The van der Waals surface area contributed by atoms with Crippen LogP contribution in [0.15, 0.2) is 23.7 Å². The smallest absolute Gasteiger partial charge is 0.231 e. The van der Waals surface area contributed by atoms with Crippen LogP contribution in [0.3, 0.4) is 0 Å². The molecule has 1 aliphatic heterocycles. The Kier molecular flexibility index (Phi) is 3.75. The highest BCUT2D eigenvalue weighted by Gasteiger charge is 2.20. The largest absolute Gasteiger partial charge is 0.493 e. The number of nitrogens with zero attached hydrogens (tertiary/aromatic N) is 1. The quantitative estimate of drug-likeness (QED) is 0.918. The summed E-state index contributed by atoms with van der Waals surface area (Å²) in [6.07, 6.45) is 1.82. The van der Waals surface area contributed by atoms with Gasteiger partial charge in [-0.15, -0.1) is 11.3 Å². The van der Waals surface area contributed by atoms with Crippen molar-refractivity contribution in [2.45, 2.75) is 19.5 Å². The van der Waals surface area contributed by atoms with Gasteiger partial charge in [0.15, 0.2) is 11.5 Å². The van der Waals surface area contributed by atoms with E-state index < -0.39 is 0 Å². The maximum absolute atomic E-state index is 5.42. The first-order chi connectivity index (χ1) is 9.78. The van der Waals surface area contributed by atoms with E-state index in [1.807, 2.05) is 23.7 Å². The first-order valence-electron chi connectivity index (χ1n) is 6.37. The molecule has 0 aliphatic carbocycles. The molecule has 106 valence electrons. The van der Waals surface area contributed by atoms with E-state index in [1.165, 1.54) is 0 Å². The Labute approximate surface area is 121 Å². The standard InChI is InChI=1S/C14H16N2O3S/c1-9(14-15-3-4-20-14)16-7-10-5-11(17-2)13-12(6-10)18-8-19-13/h3-6,9,16H,7-8H2,1-2H3. The van der Waals surface area contributed by atoms with Gasteiger partial charge in [-0.25, -0.2) is 4.98 Å². The molecule has 1 aromatic heterocycles. The minimum atomic E-state index is 0.214. The molecule has 1 aliphatic rings. The predicted molar refractivity (Wildman–Crippen MR) is 76.5 cm³/mol. The van der Waals surface area contributed by atoms with E-state index in [1.54, 1.807) is 18.4 Å². The molecule has 1 atom stereocenters. The third-order valence-electron chi connectivity index (χ3n) is 3.15. The summed E-state index contributed by atoms with van der Waals surface area (Å²) in [6.45, 7) is 3.06. The van der Waals surface area contributed by atoms with Crippen molar-refractivity contribution in [3.63, 3.8) is 0 Å². The maximum Gasteiger partial charge on any atom is 0.231 e. The second-order valence-corrected chi connectivity index (χ2v) is 5.43. The van der Waals surface area contributed by atoms with Crippen molar-refractivity contribution in [1.82, 2.24) is 10.3 Å². The lowest BCUT2D eigenvalue weighted by atomic mass is 10.1. The molecule has 0 fully saturated rings. The molecular weight excluding hydrogens is 276 g/mol. The number of rotatable bonds is 5. The molecular formula is C14H16N2O3S. The van der Waals surface area contributed by atoms with E-state index >= 15 is 0 Å². The number of ether oxygens (including phenoxy) is 3. The Balaban J connectivity index is 1.72.